The van der Waals surface area contributed by atoms with Crippen molar-refractivity contribution in [3.63, 3.8) is 0 Å². The van der Waals surface area contributed by atoms with Crippen molar-refractivity contribution < 1.29 is 18.7 Å². The molecule has 0 saturated carbocycles. The molecule has 8 nitrogen and oxygen atoms in total. The predicted octanol–water partition coefficient (Wildman–Crippen LogP) is 3.60. The van der Waals surface area contributed by atoms with Crippen LogP contribution in [-0.2, 0) is 16.0 Å². The molecule has 1 saturated heterocycles. The number of carbonyl (C=O) groups excluding carboxylic acids is 1. The van der Waals surface area contributed by atoms with Crippen molar-refractivity contribution in [3.8, 4) is 0 Å². The van der Waals surface area contributed by atoms with E-state index in [2.05, 4.69) is 22.5 Å². The van der Waals surface area contributed by atoms with Gasteiger partial charge < -0.3 is 29.4 Å². The highest BCUT2D eigenvalue weighted by Gasteiger charge is 2.24. The van der Waals surface area contributed by atoms with Crippen molar-refractivity contribution >= 4 is 41.5 Å². The first-order valence-corrected chi connectivity index (χ1v) is 10.7. The molecule has 9 heteroatoms. The molecule has 1 fully saturated rings. The second-order valence-electron chi connectivity index (χ2n) is 7.47. The second kappa shape index (κ2) is 14.1. The quantitative estimate of drug-likeness (QED) is 0.201. The van der Waals surface area contributed by atoms with E-state index >= 15 is 0 Å². The normalized spacial score (nSPS) is 16.0. The van der Waals surface area contributed by atoms with Gasteiger partial charge in [0, 0.05) is 38.3 Å². The van der Waals surface area contributed by atoms with Gasteiger partial charge in [-0.15, -0.1) is 24.0 Å². The van der Waals surface area contributed by atoms with Crippen molar-refractivity contribution in [1.29, 1.82) is 0 Å². The van der Waals surface area contributed by atoms with Crippen molar-refractivity contribution in [2.24, 2.45) is 10.9 Å². The van der Waals surface area contributed by atoms with E-state index in [-0.39, 0.29) is 35.6 Å². The Bertz CT molecular complexity index is 827. The lowest BCUT2D eigenvalue weighted by atomic mass is 10.1. The van der Waals surface area contributed by atoms with Crippen LogP contribution < -0.4 is 10.6 Å². The summed E-state index contributed by atoms with van der Waals surface area (Å²) in [6.07, 6.45) is 2.58. The first-order chi connectivity index (χ1) is 15.2. The summed E-state index contributed by atoms with van der Waals surface area (Å²) in [6, 6.07) is 11.0. The van der Waals surface area contributed by atoms with E-state index in [0.29, 0.717) is 25.7 Å². The zero-order valence-electron chi connectivity index (χ0n) is 18.7. The van der Waals surface area contributed by atoms with Gasteiger partial charge in [0.15, 0.2) is 11.7 Å². The van der Waals surface area contributed by atoms with Crippen LogP contribution in [0.1, 0.15) is 29.5 Å². The molecule has 1 atom stereocenters. The number of amides is 1. The standard InChI is InChI=1S/C23H32N4O4.HI/c1-3-24-23(27-11-10-19(16-27)17-30-14-13-29-2)25-15-18-6-8-20(9-7-18)26-22(28)21-5-4-12-31-21;/h4-9,12,19H,3,10-11,13-17H2,1-2H3,(H,24,25)(H,26,28);1H. The summed E-state index contributed by atoms with van der Waals surface area (Å²) in [5.41, 5.74) is 1.79. The topological polar surface area (TPSA) is 88.3 Å². The number of nitrogens with one attached hydrogen (secondary N) is 2. The molecular weight excluding hydrogens is 523 g/mol. The van der Waals surface area contributed by atoms with E-state index in [1.54, 1.807) is 19.2 Å². The van der Waals surface area contributed by atoms with Crippen molar-refractivity contribution in [1.82, 2.24) is 10.2 Å². The van der Waals surface area contributed by atoms with Crippen molar-refractivity contribution in [2.75, 3.05) is 51.9 Å². The summed E-state index contributed by atoms with van der Waals surface area (Å²) >= 11 is 0. The number of likely N-dealkylation sites (tertiary alicyclic amines) is 1. The van der Waals surface area contributed by atoms with Gasteiger partial charge in [0.2, 0.25) is 0 Å². The molecule has 2 heterocycles. The molecule has 2 aromatic rings. The molecule has 1 amide bonds. The van der Waals surface area contributed by atoms with Gasteiger partial charge in [0.05, 0.1) is 32.6 Å². The lowest BCUT2D eigenvalue weighted by molar-refractivity contribution is 0.0536. The number of ether oxygens (including phenoxy) is 2. The minimum Gasteiger partial charge on any atom is -0.459 e. The average Bonchev–Trinajstić information content (AvgIpc) is 3.48. The average molecular weight is 556 g/mol. The summed E-state index contributed by atoms with van der Waals surface area (Å²) < 4.78 is 15.8. The molecule has 0 radical (unpaired) electrons. The maximum absolute atomic E-state index is 12.1. The highest BCUT2D eigenvalue weighted by molar-refractivity contribution is 14.0. The van der Waals surface area contributed by atoms with Crippen LogP contribution in [0.5, 0.6) is 0 Å². The highest BCUT2D eigenvalue weighted by atomic mass is 127. The summed E-state index contributed by atoms with van der Waals surface area (Å²) in [7, 11) is 1.68. The largest absolute Gasteiger partial charge is 0.459 e. The second-order valence-corrected chi connectivity index (χ2v) is 7.47. The van der Waals surface area contributed by atoms with Crippen molar-refractivity contribution in [3.05, 3.63) is 54.0 Å². The highest BCUT2D eigenvalue weighted by Crippen LogP contribution is 2.17. The Morgan fingerprint density at radius 1 is 1.25 bits per heavy atom. The molecule has 176 valence electrons. The van der Waals surface area contributed by atoms with Crippen LogP contribution in [0.15, 0.2) is 52.1 Å². The predicted molar refractivity (Wildman–Crippen MR) is 136 cm³/mol. The number of methoxy groups -OCH3 is 1. The molecule has 1 aliphatic heterocycles. The van der Waals surface area contributed by atoms with Gasteiger partial charge >= 0.3 is 0 Å². The van der Waals surface area contributed by atoms with E-state index in [1.165, 1.54) is 6.26 Å². The van der Waals surface area contributed by atoms with Crippen LogP contribution in [0.25, 0.3) is 0 Å². The number of guanidine groups is 1. The van der Waals surface area contributed by atoms with E-state index < -0.39 is 0 Å². The summed E-state index contributed by atoms with van der Waals surface area (Å²) in [4.78, 5) is 19.2. The van der Waals surface area contributed by atoms with Crippen LogP contribution in [0.4, 0.5) is 5.69 Å². The number of benzene rings is 1. The zero-order valence-corrected chi connectivity index (χ0v) is 21.0. The molecule has 0 bridgehead atoms. The number of aliphatic imine (C=N–C) groups is 1. The Hall–Kier alpha value is -2.11. The van der Waals surface area contributed by atoms with E-state index in [0.717, 1.165) is 49.9 Å². The Balaban J connectivity index is 0.00000363. The molecule has 1 aromatic heterocycles. The monoisotopic (exact) mass is 556 g/mol. The maximum Gasteiger partial charge on any atom is 0.291 e. The first kappa shape index (κ1) is 26.1. The number of halogens is 1. The Morgan fingerprint density at radius 3 is 2.75 bits per heavy atom. The lowest BCUT2D eigenvalue weighted by Gasteiger charge is -2.21. The summed E-state index contributed by atoms with van der Waals surface area (Å²) in [6.45, 7) is 7.41. The van der Waals surface area contributed by atoms with Gasteiger partial charge in [-0.25, -0.2) is 4.99 Å². The van der Waals surface area contributed by atoms with Crippen LogP contribution in [-0.4, -0.2) is 63.3 Å². The zero-order chi connectivity index (χ0) is 21.9. The van der Waals surface area contributed by atoms with Gasteiger partial charge in [-0.1, -0.05) is 12.1 Å². The maximum atomic E-state index is 12.1. The van der Waals surface area contributed by atoms with Gasteiger partial charge in [-0.2, -0.15) is 0 Å². The number of anilines is 1. The third-order valence-corrected chi connectivity index (χ3v) is 5.07. The third-order valence-electron chi connectivity index (χ3n) is 5.07. The van der Waals surface area contributed by atoms with Crippen molar-refractivity contribution in [2.45, 2.75) is 19.9 Å². The number of rotatable bonds is 10. The molecule has 3 rings (SSSR count). The number of carbonyl (C=O) groups is 1. The Labute approximate surface area is 206 Å². The van der Waals surface area contributed by atoms with Gasteiger partial charge in [-0.3, -0.25) is 4.79 Å². The smallest absolute Gasteiger partial charge is 0.291 e. The SMILES string of the molecule is CCNC(=NCc1ccc(NC(=O)c2ccco2)cc1)N1CCC(COCCOC)C1.I. The first-order valence-electron chi connectivity index (χ1n) is 10.7. The van der Waals surface area contributed by atoms with E-state index in [1.807, 2.05) is 24.3 Å². The molecular formula is C23H33IN4O4. The van der Waals surface area contributed by atoms with E-state index in [9.17, 15) is 4.79 Å². The fraction of sp³-hybridized carbons (Fsp3) is 0.478. The number of hydrogen-bond acceptors (Lipinski definition) is 5. The van der Waals surface area contributed by atoms with Gasteiger partial charge in [0.25, 0.3) is 5.91 Å². The van der Waals surface area contributed by atoms with Crippen LogP contribution >= 0.6 is 24.0 Å². The van der Waals surface area contributed by atoms with Crippen LogP contribution in [0.2, 0.25) is 0 Å². The van der Waals surface area contributed by atoms with E-state index in [4.69, 9.17) is 18.9 Å². The number of nitrogens with zero attached hydrogens (tertiary/aromatic N) is 2. The molecule has 32 heavy (non-hydrogen) atoms. The van der Waals surface area contributed by atoms with Crippen LogP contribution in [0, 0.1) is 5.92 Å². The Kier molecular flexibility index (Phi) is 11.5. The fourth-order valence-electron chi connectivity index (χ4n) is 3.44. The molecule has 0 spiro atoms. The molecule has 1 aromatic carbocycles. The lowest BCUT2D eigenvalue weighted by Crippen LogP contribution is -2.40. The molecule has 2 N–H and O–H groups in total. The molecule has 1 aliphatic rings. The van der Waals surface area contributed by atoms with Gasteiger partial charge in [-0.05, 0) is 43.2 Å². The third kappa shape index (κ3) is 8.10. The van der Waals surface area contributed by atoms with Crippen LogP contribution in [0.3, 0.4) is 0 Å². The number of furan rings is 1. The molecule has 1 unspecified atom stereocenters. The number of hydrogen-bond donors (Lipinski definition) is 2. The van der Waals surface area contributed by atoms with Gasteiger partial charge in [0.1, 0.15) is 0 Å². The fourth-order valence-corrected chi connectivity index (χ4v) is 3.44. The Morgan fingerprint density at radius 2 is 2.06 bits per heavy atom. The summed E-state index contributed by atoms with van der Waals surface area (Å²) in [5.74, 6) is 1.46. The molecule has 0 aliphatic carbocycles. The minimum absolute atomic E-state index is 0. The minimum atomic E-state index is -0.264. The summed E-state index contributed by atoms with van der Waals surface area (Å²) in [5, 5.41) is 6.21.